The van der Waals surface area contributed by atoms with Gasteiger partial charge in [0, 0.05) is 18.3 Å². The second-order valence-electron chi connectivity index (χ2n) is 7.64. The van der Waals surface area contributed by atoms with Crippen molar-refractivity contribution >= 4 is 21.6 Å². The minimum atomic E-state index is -3.77. The zero-order chi connectivity index (χ0) is 23.3. The van der Waals surface area contributed by atoms with E-state index < -0.39 is 10.0 Å². The summed E-state index contributed by atoms with van der Waals surface area (Å²) in [5.41, 5.74) is 2.29. The molecule has 0 saturated heterocycles. The van der Waals surface area contributed by atoms with Crippen molar-refractivity contribution < 1.29 is 17.9 Å². The van der Waals surface area contributed by atoms with Gasteiger partial charge in [-0.1, -0.05) is 30.7 Å². The van der Waals surface area contributed by atoms with Crippen LogP contribution in [0.25, 0.3) is 0 Å². The number of ether oxygens (including phenoxy) is 1. The Balaban J connectivity index is 1.83. The predicted octanol–water partition coefficient (Wildman–Crippen LogP) is 4.82. The van der Waals surface area contributed by atoms with Gasteiger partial charge < -0.3 is 10.1 Å². The van der Waals surface area contributed by atoms with Crippen molar-refractivity contribution in [1.29, 1.82) is 0 Å². The van der Waals surface area contributed by atoms with Gasteiger partial charge in [0.2, 0.25) is 5.88 Å². The minimum absolute atomic E-state index is 0.0125. The Morgan fingerprint density at radius 3 is 2.59 bits per heavy atom. The number of sulfonamides is 1. The van der Waals surface area contributed by atoms with Gasteiger partial charge in [-0.3, -0.25) is 9.52 Å². The second kappa shape index (κ2) is 9.82. The summed E-state index contributed by atoms with van der Waals surface area (Å²) in [6.07, 6.45) is 2.33. The van der Waals surface area contributed by atoms with Gasteiger partial charge in [0.05, 0.1) is 10.6 Å². The number of benzene rings is 2. The van der Waals surface area contributed by atoms with Crippen LogP contribution in [-0.2, 0) is 10.0 Å². The highest BCUT2D eigenvalue weighted by Crippen LogP contribution is 2.27. The van der Waals surface area contributed by atoms with Crippen LogP contribution in [0.5, 0.6) is 11.6 Å². The van der Waals surface area contributed by atoms with Gasteiger partial charge >= 0.3 is 0 Å². The van der Waals surface area contributed by atoms with Crippen molar-refractivity contribution in [3.05, 3.63) is 77.5 Å². The zero-order valence-corrected chi connectivity index (χ0v) is 19.4. The lowest BCUT2D eigenvalue weighted by atomic mass is 10.2. The summed E-state index contributed by atoms with van der Waals surface area (Å²) in [4.78, 5) is 17.0. The normalized spacial score (nSPS) is 12.1. The molecule has 0 aliphatic carbocycles. The van der Waals surface area contributed by atoms with E-state index in [9.17, 15) is 13.2 Å². The van der Waals surface area contributed by atoms with Crippen LogP contribution >= 0.6 is 0 Å². The molecule has 1 atom stereocenters. The lowest BCUT2D eigenvalue weighted by Crippen LogP contribution is -2.32. The van der Waals surface area contributed by atoms with E-state index >= 15 is 0 Å². The van der Waals surface area contributed by atoms with Crippen LogP contribution in [0, 0.1) is 13.8 Å². The molecule has 2 N–H and O–H groups in total. The van der Waals surface area contributed by atoms with Crippen molar-refractivity contribution in [3.8, 4) is 11.6 Å². The fraction of sp³-hybridized carbons (Fsp3) is 0.250. The number of rotatable bonds is 8. The van der Waals surface area contributed by atoms with Crippen molar-refractivity contribution in [3.63, 3.8) is 0 Å². The number of carbonyl (C=O) groups excluding carboxylic acids is 1. The molecule has 1 amide bonds. The molecule has 0 unspecified atom stereocenters. The van der Waals surface area contributed by atoms with Crippen molar-refractivity contribution in [1.82, 2.24) is 10.3 Å². The average Bonchev–Trinajstić information content (AvgIpc) is 2.73. The first-order valence-corrected chi connectivity index (χ1v) is 11.8. The van der Waals surface area contributed by atoms with E-state index in [4.69, 9.17) is 4.74 Å². The summed E-state index contributed by atoms with van der Waals surface area (Å²) in [6, 6.07) is 15.0. The Morgan fingerprint density at radius 2 is 1.88 bits per heavy atom. The highest BCUT2D eigenvalue weighted by atomic mass is 32.2. The fourth-order valence-electron chi connectivity index (χ4n) is 3.09. The molecule has 32 heavy (non-hydrogen) atoms. The predicted molar refractivity (Wildman–Crippen MR) is 125 cm³/mol. The smallest absolute Gasteiger partial charge is 0.262 e. The summed E-state index contributed by atoms with van der Waals surface area (Å²) in [5.74, 6) is 0.207. The third-order valence-corrected chi connectivity index (χ3v) is 6.47. The second-order valence-corrected chi connectivity index (χ2v) is 9.29. The van der Waals surface area contributed by atoms with Gasteiger partial charge in [-0.25, -0.2) is 13.4 Å². The third kappa shape index (κ3) is 5.64. The molecule has 168 valence electrons. The van der Waals surface area contributed by atoms with Crippen LogP contribution in [0.4, 0.5) is 5.69 Å². The quantitative estimate of drug-likeness (QED) is 0.510. The van der Waals surface area contributed by atoms with E-state index in [-0.39, 0.29) is 22.7 Å². The number of aromatic nitrogens is 1. The molecule has 3 aromatic rings. The van der Waals surface area contributed by atoms with E-state index in [1.807, 2.05) is 26.8 Å². The van der Waals surface area contributed by atoms with Crippen LogP contribution in [0.3, 0.4) is 0 Å². The van der Waals surface area contributed by atoms with Gasteiger partial charge in [-0.15, -0.1) is 0 Å². The SMILES string of the molecule is CC[C@@H](C)NC(=O)c1cccnc1Oc1cccc(NS(=O)(=O)c2ccc(C)cc2C)c1. The Kier molecular flexibility index (Phi) is 7.15. The van der Waals surface area contributed by atoms with Gasteiger partial charge in [-0.2, -0.15) is 0 Å². The van der Waals surface area contributed by atoms with E-state index in [1.165, 1.54) is 6.20 Å². The molecule has 7 nitrogen and oxygen atoms in total. The maximum absolute atomic E-state index is 12.9. The van der Waals surface area contributed by atoms with E-state index in [1.54, 1.807) is 55.5 Å². The Labute approximate surface area is 188 Å². The highest BCUT2D eigenvalue weighted by molar-refractivity contribution is 7.92. The Morgan fingerprint density at radius 1 is 1.09 bits per heavy atom. The summed E-state index contributed by atoms with van der Waals surface area (Å²) < 4.78 is 34.1. The number of pyridine rings is 1. The van der Waals surface area contributed by atoms with Crippen LogP contribution < -0.4 is 14.8 Å². The first kappa shape index (κ1) is 23.3. The van der Waals surface area contributed by atoms with E-state index in [0.29, 0.717) is 22.6 Å². The Bertz CT molecular complexity index is 1230. The molecule has 0 aliphatic rings. The zero-order valence-electron chi connectivity index (χ0n) is 18.5. The van der Waals surface area contributed by atoms with Gasteiger partial charge in [-0.05, 0) is 63.1 Å². The van der Waals surface area contributed by atoms with Gasteiger partial charge in [0.25, 0.3) is 15.9 Å². The fourth-order valence-corrected chi connectivity index (χ4v) is 4.37. The molecular weight excluding hydrogens is 426 g/mol. The molecule has 0 fully saturated rings. The standard InChI is InChI=1S/C24H27N3O4S/c1-5-18(4)26-23(28)21-10-7-13-25-24(21)31-20-9-6-8-19(15-20)27-32(29,30)22-12-11-16(2)14-17(22)3/h6-15,18,27H,5H2,1-4H3,(H,26,28)/t18-/m1/s1. The minimum Gasteiger partial charge on any atom is -0.438 e. The average molecular weight is 454 g/mol. The number of amides is 1. The van der Waals surface area contributed by atoms with Gasteiger partial charge in [0.1, 0.15) is 11.3 Å². The topological polar surface area (TPSA) is 97.4 Å². The summed E-state index contributed by atoms with van der Waals surface area (Å²) in [6.45, 7) is 7.57. The number of nitrogens with one attached hydrogen (secondary N) is 2. The number of hydrogen-bond donors (Lipinski definition) is 2. The monoisotopic (exact) mass is 453 g/mol. The third-order valence-electron chi connectivity index (χ3n) is 4.93. The summed E-state index contributed by atoms with van der Waals surface area (Å²) in [7, 11) is -3.77. The summed E-state index contributed by atoms with van der Waals surface area (Å²) in [5, 5.41) is 2.89. The summed E-state index contributed by atoms with van der Waals surface area (Å²) >= 11 is 0. The Hall–Kier alpha value is -3.39. The molecule has 3 rings (SSSR count). The highest BCUT2D eigenvalue weighted by Gasteiger charge is 2.18. The molecule has 8 heteroatoms. The number of hydrogen-bond acceptors (Lipinski definition) is 5. The largest absolute Gasteiger partial charge is 0.438 e. The molecule has 0 bridgehead atoms. The van der Waals surface area contributed by atoms with E-state index in [0.717, 1.165) is 12.0 Å². The molecule has 1 aromatic heterocycles. The van der Waals surface area contributed by atoms with Crippen LogP contribution in [-0.4, -0.2) is 25.4 Å². The van der Waals surface area contributed by atoms with Crippen LogP contribution in [0.1, 0.15) is 41.8 Å². The van der Waals surface area contributed by atoms with Gasteiger partial charge in [0.15, 0.2) is 0 Å². The number of nitrogens with zero attached hydrogens (tertiary/aromatic N) is 1. The molecule has 1 heterocycles. The molecule has 0 aliphatic heterocycles. The van der Waals surface area contributed by atoms with Crippen molar-refractivity contribution in [2.75, 3.05) is 4.72 Å². The first-order chi connectivity index (χ1) is 15.2. The van der Waals surface area contributed by atoms with Crippen LogP contribution in [0.15, 0.2) is 65.7 Å². The van der Waals surface area contributed by atoms with Crippen molar-refractivity contribution in [2.24, 2.45) is 0 Å². The number of carbonyl (C=O) groups is 1. The molecular formula is C24H27N3O4S. The number of anilines is 1. The molecule has 2 aromatic carbocycles. The lowest BCUT2D eigenvalue weighted by molar-refractivity contribution is 0.0936. The van der Waals surface area contributed by atoms with Crippen molar-refractivity contribution in [2.45, 2.75) is 45.1 Å². The molecule has 0 saturated carbocycles. The maximum Gasteiger partial charge on any atom is 0.262 e. The van der Waals surface area contributed by atoms with E-state index in [2.05, 4.69) is 15.0 Å². The number of aryl methyl sites for hydroxylation is 2. The molecule has 0 radical (unpaired) electrons. The maximum atomic E-state index is 12.9. The van der Waals surface area contributed by atoms with Crippen LogP contribution in [0.2, 0.25) is 0 Å². The first-order valence-electron chi connectivity index (χ1n) is 10.3. The lowest BCUT2D eigenvalue weighted by Gasteiger charge is -2.14. The molecule has 0 spiro atoms.